The highest BCUT2D eigenvalue weighted by Crippen LogP contribution is 2.18. The van der Waals surface area contributed by atoms with Crippen LogP contribution in [0.1, 0.15) is 13.3 Å². The summed E-state index contributed by atoms with van der Waals surface area (Å²) < 4.78 is 12.9. The summed E-state index contributed by atoms with van der Waals surface area (Å²) in [5.41, 5.74) is 1.01. The molecule has 1 saturated heterocycles. The Morgan fingerprint density at radius 1 is 1.41 bits per heavy atom. The van der Waals surface area contributed by atoms with E-state index in [0.717, 1.165) is 25.2 Å². The highest BCUT2D eigenvalue weighted by atomic mass is 19.1. The highest BCUT2D eigenvalue weighted by molar-refractivity contribution is 5.46. The van der Waals surface area contributed by atoms with Crippen molar-refractivity contribution in [3.05, 3.63) is 30.1 Å². The van der Waals surface area contributed by atoms with Crippen molar-refractivity contribution in [2.75, 3.05) is 24.6 Å². The van der Waals surface area contributed by atoms with Crippen molar-refractivity contribution in [2.24, 2.45) is 0 Å². The minimum atomic E-state index is -0.214. The van der Waals surface area contributed by atoms with Gasteiger partial charge >= 0.3 is 0 Å². The summed E-state index contributed by atoms with van der Waals surface area (Å²) in [4.78, 5) is 2.19. The Labute approximate surface area is 101 Å². The Morgan fingerprint density at radius 3 is 2.76 bits per heavy atom. The Kier molecular flexibility index (Phi) is 3.97. The summed E-state index contributed by atoms with van der Waals surface area (Å²) >= 11 is 0. The maximum atomic E-state index is 12.9. The summed E-state index contributed by atoms with van der Waals surface area (Å²) in [7, 11) is 0. The molecule has 2 N–H and O–H groups in total. The number of nitrogens with zero attached hydrogens (tertiary/aromatic N) is 1. The molecular weight excluding hydrogens is 219 g/mol. The Hall–Kier alpha value is -1.13. The van der Waals surface area contributed by atoms with Crippen LogP contribution >= 0.6 is 0 Å². The lowest BCUT2D eigenvalue weighted by molar-refractivity contribution is 0.240. The molecule has 94 valence electrons. The van der Waals surface area contributed by atoms with E-state index < -0.39 is 0 Å². The zero-order chi connectivity index (χ0) is 12.3. The molecule has 0 spiro atoms. The van der Waals surface area contributed by atoms with Crippen molar-refractivity contribution in [2.45, 2.75) is 25.4 Å². The first-order valence-electron chi connectivity index (χ1n) is 6.06. The van der Waals surface area contributed by atoms with Gasteiger partial charge in [-0.1, -0.05) is 0 Å². The van der Waals surface area contributed by atoms with Gasteiger partial charge in [-0.05, 0) is 37.6 Å². The second-order valence-electron chi connectivity index (χ2n) is 4.66. The fourth-order valence-electron chi connectivity index (χ4n) is 2.24. The van der Waals surface area contributed by atoms with Gasteiger partial charge in [0.2, 0.25) is 0 Å². The third kappa shape index (κ3) is 3.17. The molecule has 0 saturated carbocycles. The summed E-state index contributed by atoms with van der Waals surface area (Å²) in [6.07, 6.45) is 1.02. The van der Waals surface area contributed by atoms with Crippen molar-refractivity contribution in [1.82, 2.24) is 5.32 Å². The van der Waals surface area contributed by atoms with Crippen LogP contribution in [-0.2, 0) is 0 Å². The summed E-state index contributed by atoms with van der Waals surface area (Å²) in [5, 5.41) is 12.7. The quantitative estimate of drug-likeness (QED) is 0.817. The van der Waals surface area contributed by atoms with E-state index in [1.165, 1.54) is 12.1 Å². The number of hydrogen-bond acceptors (Lipinski definition) is 3. The van der Waals surface area contributed by atoms with E-state index in [4.69, 9.17) is 0 Å². The van der Waals surface area contributed by atoms with Gasteiger partial charge in [0, 0.05) is 30.9 Å². The fourth-order valence-corrected chi connectivity index (χ4v) is 2.24. The van der Waals surface area contributed by atoms with Gasteiger partial charge in [0.25, 0.3) is 0 Å². The molecule has 1 aliphatic heterocycles. The smallest absolute Gasteiger partial charge is 0.123 e. The van der Waals surface area contributed by atoms with Gasteiger partial charge in [0.15, 0.2) is 0 Å². The van der Waals surface area contributed by atoms with Crippen molar-refractivity contribution in [3.8, 4) is 0 Å². The number of benzene rings is 1. The molecule has 0 amide bonds. The van der Waals surface area contributed by atoms with Crippen LogP contribution in [0, 0.1) is 5.82 Å². The number of nitrogens with one attached hydrogen (secondary N) is 1. The zero-order valence-electron chi connectivity index (χ0n) is 10.1. The van der Waals surface area contributed by atoms with E-state index in [0.29, 0.717) is 6.04 Å². The van der Waals surface area contributed by atoms with E-state index in [1.807, 2.05) is 0 Å². The van der Waals surface area contributed by atoms with Gasteiger partial charge in [-0.25, -0.2) is 4.39 Å². The maximum Gasteiger partial charge on any atom is 0.123 e. The van der Waals surface area contributed by atoms with Gasteiger partial charge < -0.3 is 15.3 Å². The van der Waals surface area contributed by atoms with E-state index in [9.17, 15) is 9.50 Å². The highest BCUT2D eigenvalue weighted by Gasteiger charge is 2.20. The number of aliphatic hydroxyl groups is 1. The molecule has 0 bridgehead atoms. The molecule has 1 heterocycles. The number of aliphatic hydroxyl groups excluding tert-OH is 1. The Morgan fingerprint density at radius 2 is 2.12 bits per heavy atom. The SMILES string of the molecule is CC1CCN(c2ccc(F)cc2)CC(CO)N1. The first-order valence-corrected chi connectivity index (χ1v) is 6.06. The van der Waals surface area contributed by atoms with E-state index >= 15 is 0 Å². The van der Waals surface area contributed by atoms with E-state index in [-0.39, 0.29) is 18.5 Å². The lowest BCUT2D eigenvalue weighted by Crippen LogP contribution is -2.42. The predicted octanol–water partition coefficient (Wildman–Crippen LogP) is 1.37. The molecule has 1 aliphatic rings. The number of rotatable bonds is 2. The van der Waals surface area contributed by atoms with Crippen molar-refractivity contribution < 1.29 is 9.50 Å². The van der Waals surface area contributed by atoms with Gasteiger partial charge in [0.05, 0.1) is 6.61 Å². The topological polar surface area (TPSA) is 35.5 Å². The Balaban J connectivity index is 2.11. The van der Waals surface area contributed by atoms with Gasteiger partial charge in [-0.15, -0.1) is 0 Å². The first-order chi connectivity index (χ1) is 8.19. The molecule has 1 fully saturated rings. The van der Waals surface area contributed by atoms with Gasteiger partial charge in [0.1, 0.15) is 5.82 Å². The zero-order valence-corrected chi connectivity index (χ0v) is 10.1. The number of halogens is 1. The summed E-state index contributed by atoms with van der Waals surface area (Å²) in [5.74, 6) is -0.214. The van der Waals surface area contributed by atoms with Crippen molar-refractivity contribution in [1.29, 1.82) is 0 Å². The molecule has 17 heavy (non-hydrogen) atoms. The molecule has 2 rings (SSSR count). The first kappa shape index (κ1) is 12.3. The predicted molar refractivity (Wildman–Crippen MR) is 66.7 cm³/mol. The second kappa shape index (κ2) is 5.47. The minimum absolute atomic E-state index is 0.0811. The summed E-state index contributed by atoms with van der Waals surface area (Å²) in [6.45, 7) is 3.93. The molecular formula is C13H19FN2O. The fraction of sp³-hybridized carbons (Fsp3) is 0.538. The molecule has 4 heteroatoms. The number of hydrogen-bond donors (Lipinski definition) is 2. The van der Waals surface area contributed by atoms with Crippen molar-refractivity contribution in [3.63, 3.8) is 0 Å². The molecule has 2 unspecified atom stereocenters. The van der Waals surface area contributed by atoms with Crippen LogP contribution in [0.3, 0.4) is 0 Å². The second-order valence-corrected chi connectivity index (χ2v) is 4.66. The third-order valence-corrected chi connectivity index (χ3v) is 3.21. The van der Waals surface area contributed by atoms with Gasteiger partial charge in [-0.2, -0.15) is 0 Å². The average Bonchev–Trinajstić information content (AvgIpc) is 2.52. The minimum Gasteiger partial charge on any atom is -0.395 e. The van der Waals surface area contributed by atoms with Crippen LogP contribution in [0.25, 0.3) is 0 Å². The van der Waals surface area contributed by atoms with Crippen LogP contribution < -0.4 is 10.2 Å². The van der Waals surface area contributed by atoms with Crippen LogP contribution in [0.2, 0.25) is 0 Å². The lowest BCUT2D eigenvalue weighted by Gasteiger charge is -2.25. The molecule has 0 aliphatic carbocycles. The number of anilines is 1. The van der Waals surface area contributed by atoms with E-state index in [1.54, 1.807) is 12.1 Å². The molecule has 0 radical (unpaired) electrons. The summed E-state index contributed by atoms with van der Waals surface area (Å²) in [6, 6.07) is 7.02. The average molecular weight is 238 g/mol. The molecule has 1 aromatic rings. The molecule has 2 atom stereocenters. The van der Waals surface area contributed by atoms with Crippen LogP contribution in [0.5, 0.6) is 0 Å². The van der Waals surface area contributed by atoms with E-state index in [2.05, 4.69) is 17.1 Å². The largest absolute Gasteiger partial charge is 0.395 e. The van der Waals surface area contributed by atoms with Crippen LogP contribution in [0.15, 0.2) is 24.3 Å². The monoisotopic (exact) mass is 238 g/mol. The molecule has 3 nitrogen and oxygen atoms in total. The normalized spacial score (nSPS) is 25.7. The molecule has 1 aromatic carbocycles. The molecule has 0 aromatic heterocycles. The van der Waals surface area contributed by atoms with Crippen LogP contribution in [-0.4, -0.2) is 36.9 Å². The van der Waals surface area contributed by atoms with Gasteiger partial charge in [-0.3, -0.25) is 0 Å². The lowest BCUT2D eigenvalue weighted by atomic mass is 10.2. The van der Waals surface area contributed by atoms with Crippen molar-refractivity contribution >= 4 is 5.69 Å². The van der Waals surface area contributed by atoms with Crippen LogP contribution in [0.4, 0.5) is 10.1 Å². The Bertz CT molecular complexity index is 355. The third-order valence-electron chi connectivity index (χ3n) is 3.21. The maximum absolute atomic E-state index is 12.9. The standard InChI is InChI=1S/C13H19FN2O/c1-10-6-7-16(8-12(9-17)15-10)13-4-2-11(14)3-5-13/h2-5,10,12,15,17H,6-9H2,1H3.